The van der Waals surface area contributed by atoms with Crippen molar-refractivity contribution in [1.82, 2.24) is 0 Å². The molecule has 0 aromatic heterocycles. The van der Waals surface area contributed by atoms with Crippen LogP contribution in [0.2, 0.25) is 0 Å². The van der Waals surface area contributed by atoms with E-state index in [1.807, 2.05) is 6.92 Å². The molecule has 0 aromatic rings. The van der Waals surface area contributed by atoms with Crippen molar-refractivity contribution in [3.8, 4) is 0 Å². The quantitative estimate of drug-likeness (QED) is 0.346. The van der Waals surface area contributed by atoms with E-state index >= 15 is 0 Å². The van der Waals surface area contributed by atoms with Crippen molar-refractivity contribution in [3.05, 3.63) is 0 Å². The van der Waals surface area contributed by atoms with Gasteiger partial charge in [-0.1, -0.05) is 6.92 Å². The van der Waals surface area contributed by atoms with Crippen LogP contribution in [-0.4, -0.2) is 12.1 Å². The molecule has 0 bridgehead atoms. The molecule has 0 aliphatic rings. The van der Waals surface area contributed by atoms with Crippen LogP contribution in [-0.2, 0) is 26.7 Å². The number of carbonyl (C=O) groups excluding carboxylic acids is 2. The Kier molecular flexibility index (Phi) is 9.24. The zero-order valence-corrected chi connectivity index (χ0v) is 5.55. The summed E-state index contributed by atoms with van der Waals surface area (Å²) in [5.41, 5.74) is 0. The average molecular weight is 164 g/mol. The van der Waals surface area contributed by atoms with Gasteiger partial charge in [-0.05, 0) is 6.42 Å². The Hall–Kier alpha value is -0.141. The van der Waals surface area contributed by atoms with E-state index < -0.39 is 0 Å². The van der Waals surface area contributed by atoms with Gasteiger partial charge in [-0.25, -0.2) is 0 Å². The Labute approximate surface area is 59.1 Å². The molecule has 0 rings (SSSR count). The minimum absolute atomic E-state index is 0. The molecule has 0 amide bonds. The molecule has 0 unspecified atom stereocenters. The van der Waals surface area contributed by atoms with Gasteiger partial charge >= 0.3 is 0 Å². The predicted molar refractivity (Wildman–Crippen MR) is 26.0 cm³/mol. The number of Topliss-reactive ketones (excluding diaryl/α,β-unsaturated/α-hetero) is 1. The van der Waals surface area contributed by atoms with E-state index in [1.165, 1.54) is 0 Å². The average Bonchev–Trinajstić information content (AvgIpc) is 1.68. The van der Waals surface area contributed by atoms with Gasteiger partial charge in [0.1, 0.15) is 0 Å². The van der Waals surface area contributed by atoms with E-state index in [4.69, 9.17) is 0 Å². The van der Waals surface area contributed by atoms with Crippen LogP contribution < -0.4 is 0 Å². The number of hydrogen-bond acceptors (Lipinski definition) is 2. The van der Waals surface area contributed by atoms with Gasteiger partial charge < -0.3 is 0 Å². The van der Waals surface area contributed by atoms with Gasteiger partial charge in [0, 0.05) is 23.5 Å². The second-order valence-electron chi connectivity index (χ2n) is 1.33. The van der Waals surface area contributed by atoms with Crippen LogP contribution >= 0.6 is 0 Å². The summed E-state index contributed by atoms with van der Waals surface area (Å²) in [6.07, 6.45) is 1.52. The van der Waals surface area contributed by atoms with E-state index in [1.54, 1.807) is 0 Å². The van der Waals surface area contributed by atoms with Gasteiger partial charge in [0.2, 0.25) is 0 Å². The first kappa shape index (κ1) is 10.8. The minimum atomic E-state index is -0.303. The Bertz CT molecular complexity index is 80.5. The molecule has 0 spiro atoms. The van der Waals surface area contributed by atoms with Gasteiger partial charge in [0.25, 0.3) is 0 Å². The van der Waals surface area contributed by atoms with Gasteiger partial charge in [-0.2, -0.15) is 0 Å². The van der Waals surface area contributed by atoms with Gasteiger partial charge in [0.15, 0.2) is 12.1 Å². The first-order valence-electron chi connectivity index (χ1n) is 2.29. The van der Waals surface area contributed by atoms with E-state index in [9.17, 15) is 9.59 Å². The summed E-state index contributed by atoms with van der Waals surface area (Å²) < 4.78 is 0. The van der Waals surface area contributed by atoms with E-state index in [0.29, 0.717) is 12.7 Å². The third-order valence-corrected chi connectivity index (χ3v) is 0.628. The predicted octanol–water partition coefficient (Wildman–Crippen LogP) is 0.552. The molecule has 0 atom stereocenters. The van der Waals surface area contributed by atoms with Gasteiger partial charge in [-0.15, -0.1) is 0 Å². The maximum absolute atomic E-state index is 10.0. The second kappa shape index (κ2) is 6.86. The molecule has 0 aromatic carbocycles. The molecule has 0 saturated carbocycles. The van der Waals surface area contributed by atoms with Crippen LogP contribution in [0, 0.1) is 0 Å². The molecule has 3 heteroatoms. The molecule has 0 saturated heterocycles. The zero-order valence-electron chi connectivity index (χ0n) is 4.61. The van der Waals surface area contributed by atoms with E-state index in [-0.39, 0.29) is 22.9 Å². The third-order valence-electron chi connectivity index (χ3n) is 0.628. The molecule has 8 heavy (non-hydrogen) atoms. The summed E-state index contributed by atoms with van der Waals surface area (Å²) >= 11 is 0. The molecule has 0 N–H and O–H groups in total. The largest absolute Gasteiger partial charge is 0.295 e. The summed E-state index contributed by atoms with van der Waals surface area (Å²) in [5, 5.41) is 0. The van der Waals surface area contributed by atoms with Crippen LogP contribution in [0.4, 0.5) is 0 Å². The number of ketones is 1. The van der Waals surface area contributed by atoms with Crippen LogP contribution in [0.5, 0.6) is 0 Å². The standard InChI is InChI=1S/C5H8O2.Cu/c1-2-3-5(7)4-6;/h4H,2-3H2,1H3;. The molecule has 0 fully saturated rings. The van der Waals surface area contributed by atoms with Crippen molar-refractivity contribution in [3.63, 3.8) is 0 Å². The normalized spacial score (nSPS) is 7.12. The number of carbonyl (C=O) groups is 2. The molecular formula is C5H8CuO2. The summed E-state index contributed by atoms with van der Waals surface area (Å²) in [7, 11) is 0. The molecule has 2 nitrogen and oxygen atoms in total. The minimum Gasteiger partial charge on any atom is -0.295 e. The SMILES string of the molecule is CCCC(=O)C=O.[Cu]. The fourth-order valence-corrected chi connectivity index (χ4v) is 0.305. The number of rotatable bonds is 3. The third kappa shape index (κ3) is 5.86. The van der Waals surface area contributed by atoms with Crippen LogP contribution in [0.15, 0.2) is 0 Å². The molecule has 0 heterocycles. The summed E-state index contributed by atoms with van der Waals surface area (Å²) in [4.78, 5) is 19.6. The first-order valence-corrected chi connectivity index (χ1v) is 2.29. The fourth-order valence-electron chi connectivity index (χ4n) is 0.305. The smallest absolute Gasteiger partial charge is 0.195 e. The Balaban J connectivity index is 0. The van der Waals surface area contributed by atoms with Gasteiger partial charge in [-0.3, -0.25) is 9.59 Å². The Morgan fingerprint density at radius 2 is 2.12 bits per heavy atom. The Morgan fingerprint density at radius 3 is 2.25 bits per heavy atom. The van der Waals surface area contributed by atoms with Crippen molar-refractivity contribution in [1.29, 1.82) is 0 Å². The van der Waals surface area contributed by atoms with Crippen molar-refractivity contribution < 1.29 is 26.7 Å². The van der Waals surface area contributed by atoms with Crippen molar-refractivity contribution in [2.45, 2.75) is 19.8 Å². The monoisotopic (exact) mass is 163 g/mol. The molecule has 0 aliphatic heterocycles. The van der Waals surface area contributed by atoms with Crippen LogP contribution in [0.25, 0.3) is 0 Å². The molecular weight excluding hydrogens is 156 g/mol. The van der Waals surface area contributed by atoms with Crippen LogP contribution in [0.3, 0.4) is 0 Å². The van der Waals surface area contributed by atoms with Crippen molar-refractivity contribution in [2.75, 3.05) is 0 Å². The van der Waals surface area contributed by atoms with E-state index in [2.05, 4.69) is 0 Å². The summed E-state index contributed by atoms with van der Waals surface area (Å²) in [6, 6.07) is 0. The second-order valence-corrected chi connectivity index (χ2v) is 1.33. The Morgan fingerprint density at radius 1 is 1.62 bits per heavy atom. The molecule has 1 radical (unpaired) electrons. The number of hydrogen-bond donors (Lipinski definition) is 0. The van der Waals surface area contributed by atoms with Gasteiger partial charge in [0.05, 0.1) is 0 Å². The fraction of sp³-hybridized carbons (Fsp3) is 0.600. The zero-order chi connectivity index (χ0) is 5.70. The summed E-state index contributed by atoms with van der Waals surface area (Å²) in [5.74, 6) is -0.303. The van der Waals surface area contributed by atoms with E-state index in [0.717, 1.165) is 6.42 Å². The van der Waals surface area contributed by atoms with Crippen molar-refractivity contribution >= 4 is 12.1 Å². The van der Waals surface area contributed by atoms with Crippen LogP contribution in [0.1, 0.15) is 19.8 Å². The van der Waals surface area contributed by atoms with Crippen molar-refractivity contribution in [2.24, 2.45) is 0 Å². The first-order chi connectivity index (χ1) is 3.31. The maximum Gasteiger partial charge on any atom is 0.195 e. The maximum atomic E-state index is 10.0. The topological polar surface area (TPSA) is 34.1 Å². The molecule has 0 aliphatic carbocycles. The number of aldehydes is 1. The molecule has 51 valence electrons. The summed E-state index contributed by atoms with van der Waals surface area (Å²) in [6.45, 7) is 1.86.